The fourth-order valence-corrected chi connectivity index (χ4v) is 3.58. The number of carbonyl (C=O) groups is 1. The fraction of sp³-hybridized carbons (Fsp3) is 0.500. The Balaban J connectivity index is 1.19. The minimum absolute atomic E-state index is 0.0733. The van der Waals surface area contributed by atoms with Gasteiger partial charge in [-0.25, -0.2) is 0 Å². The molecule has 1 aromatic heterocycles. The molecule has 2 fully saturated rings. The van der Waals surface area contributed by atoms with Gasteiger partial charge in [-0.1, -0.05) is 35.5 Å². The van der Waals surface area contributed by atoms with Gasteiger partial charge in [0.15, 0.2) is 5.82 Å². The maximum absolute atomic E-state index is 12.1. The van der Waals surface area contributed by atoms with Gasteiger partial charge in [0.05, 0.1) is 11.5 Å². The molecule has 0 spiro atoms. The Morgan fingerprint density at radius 1 is 1.29 bits per heavy atom. The van der Waals surface area contributed by atoms with Crippen molar-refractivity contribution < 1.29 is 9.32 Å². The lowest BCUT2D eigenvalue weighted by Gasteiger charge is -2.16. The van der Waals surface area contributed by atoms with Gasteiger partial charge in [0.2, 0.25) is 11.8 Å². The quantitative estimate of drug-likeness (QED) is 0.798. The van der Waals surface area contributed by atoms with E-state index in [1.54, 1.807) is 0 Å². The minimum Gasteiger partial charge on any atom is -0.354 e. The first-order valence-electron chi connectivity index (χ1n) is 8.48. The van der Waals surface area contributed by atoms with Crippen molar-refractivity contribution in [2.24, 2.45) is 0 Å². The van der Waals surface area contributed by atoms with Gasteiger partial charge in [-0.2, -0.15) is 4.98 Å². The smallest absolute Gasteiger partial charge is 0.236 e. The van der Waals surface area contributed by atoms with Crippen LogP contribution in [0.15, 0.2) is 34.9 Å². The van der Waals surface area contributed by atoms with E-state index in [4.69, 9.17) is 4.52 Å². The number of rotatable bonds is 8. The number of hydrogen-bond donors (Lipinski definition) is 1. The van der Waals surface area contributed by atoms with Gasteiger partial charge < -0.3 is 9.84 Å². The van der Waals surface area contributed by atoms with Gasteiger partial charge in [0.25, 0.3) is 0 Å². The largest absolute Gasteiger partial charge is 0.354 e. The molecule has 6 heteroatoms. The van der Waals surface area contributed by atoms with Crippen LogP contribution in [0.3, 0.4) is 0 Å². The molecule has 0 aliphatic heterocycles. The zero-order valence-electron chi connectivity index (χ0n) is 13.5. The number of aromatic nitrogens is 2. The maximum atomic E-state index is 12.1. The third-order valence-electron chi connectivity index (χ3n) is 4.75. The molecule has 1 N–H and O–H groups in total. The summed E-state index contributed by atoms with van der Waals surface area (Å²) in [6, 6.07) is 10.5. The van der Waals surface area contributed by atoms with Crippen LogP contribution in [0.1, 0.15) is 48.9 Å². The zero-order chi connectivity index (χ0) is 16.4. The van der Waals surface area contributed by atoms with E-state index in [-0.39, 0.29) is 11.3 Å². The van der Waals surface area contributed by atoms with Crippen molar-refractivity contribution in [3.8, 4) is 0 Å². The van der Waals surface area contributed by atoms with Gasteiger partial charge in [0.1, 0.15) is 0 Å². The predicted molar refractivity (Wildman–Crippen MR) is 92.8 cm³/mol. The third-order valence-corrected chi connectivity index (χ3v) is 5.67. The molecule has 0 unspecified atom stereocenters. The standard InChI is InChI=1S/C18H21N3O2S/c22-15(10-24-11-16-20-17(21-23-16)13-6-7-13)19-12-18(8-9-18)14-4-2-1-3-5-14/h1-5,13H,6-12H2,(H,19,22). The number of nitrogens with one attached hydrogen (secondary N) is 1. The van der Waals surface area contributed by atoms with Gasteiger partial charge >= 0.3 is 0 Å². The van der Waals surface area contributed by atoms with E-state index in [1.807, 2.05) is 6.07 Å². The molecule has 4 rings (SSSR count). The summed E-state index contributed by atoms with van der Waals surface area (Å²) in [6.07, 6.45) is 4.63. The van der Waals surface area contributed by atoms with Crippen molar-refractivity contribution >= 4 is 17.7 Å². The van der Waals surface area contributed by atoms with Crippen molar-refractivity contribution in [2.45, 2.75) is 42.8 Å². The van der Waals surface area contributed by atoms with Crippen LogP contribution in [0, 0.1) is 0 Å². The predicted octanol–water partition coefficient (Wildman–Crippen LogP) is 3.03. The molecule has 2 aliphatic carbocycles. The Morgan fingerprint density at radius 3 is 2.79 bits per heavy atom. The Hall–Kier alpha value is -1.82. The van der Waals surface area contributed by atoms with E-state index in [9.17, 15) is 4.79 Å². The molecule has 0 saturated heterocycles. The SMILES string of the molecule is O=C(CSCc1nc(C2CC2)no1)NCC1(c2ccccc2)CC1. The molecule has 1 aromatic carbocycles. The van der Waals surface area contributed by atoms with Gasteiger partial charge in [-0.05, 0) is 31.2 Å². The molecule has 1 heterocycles. The third kappa shape index (κ3) is 3.64. The van der Waals surface area contributed by atoms with Crippen LogP contribution >= 0.6 is 11.8 Å². The van der Waals surface area contributed by atoms with Crippen molar-refractivity contribution in [1.82, 2.24) is 15.5 Å². The van der Waals surface area contributed by atoms with Crippen LogP contribution in [0.25, 0.3) is 0 Å². The van der Waals surface area contributed by atoms with Crippen molar-refractivity contribution in [1.29, 1.82) is 0 Å². The van der Waals surface area contributed by atoms with Gasteiger partial charge in [-0.3, -0.25) is 4.79 Å². The maximum Gasteiger partial charge on any atom is 0.236 e. The van der Waals surface area contributed by atoms with Crippen molar-refractivity contribution in [2.75, 3.05) is 12.3 Å². The summed E-state index contributed by atoms with van der Waals surface area (Å²) in [4.78, 5) is 16.4. The monoisotopic (exact) mass is 343 g/mol. The molecule has 0 atom stereocenters. The van der Waals surface area contributed by atoms with Gasteiger partial charge in [-0.15, -0.1) is 11.8 Å². The topological polar surface area (TPSA) is 68.0 Å². The van der Waals surface area contributed by atoms with Crippen LogP contribution < -0.4 is 5.32 Å². The van der Waals surface area contributed by atoms with Gasteiger partial charge in [0, 0.05) is 17.9 Å². The number of nitrogens with zero attached hydrogens (tertiary/aromatic N) is 2. The summed E-state index contributed by atoms with van der Waals surface area (Å²) in [6.45, 7) is 0.725. The van der Waals surface area contributed by atoms with E-state index in [0.29, 0.717) is 23.3 Å². The highest BCUT2D eigenvalue weighted by atomic mass is 32.2. The van der Waals surface area contributed by atoms with Crippen molar-refractivity contribution in [3.63, 3.8) is 0 Å². The van der Waals surface area contributed by atoms with Crippen LogP contribution in [0.4, 0.5) is 0 Å². The second-order valence-corrected chi connectivity index (χ2v) is 7.72. The number of benzene rings is 1. The van der Waals surface area contributed by atoms with Crippen LogP contribution in [0.2, 0.25) is 0 Å². The summed E-state index contributed by atoms with van der Waals surface area (Å²) in [5, 5.41) is 7.06. The van der Waals surface area contributed by atoms with Crippen LogP contribution in [0.5, 0.6) is 0 Å². The lowest BCUT2D eigenvalue weighted by atomic mass is 9.96. The number of amides is 1. The minimum atomic E-state index is 0.0733. The Morgan fingerprint density at radius 2 is 2.08 bits per heavy atom. The molecular weight excluding hydrogens is 322 g/mol. The van der Waals surface area contributed by atoms with E-state index in [1.165, 1.54) is 17.3 Å². The average molecular weight is 343 g/mol. The summed E-state index contributed by atoms with van der Waals surface area (Å²) in [5.74, 6) is 3.04. The molecule has 0 radical (unpaired) electrons. The molecule has 2 aliphatic rings. The highest BCUT2D eigenvalue weighted by molar-refractivity contribution is 7.99. The first kappa shape index (κ1) is 15.7. The van der Waals surface area contributed by atoms with E-state index in [2.05, 4.69) is 39.7 Å². The van der Waals surface area contributed by atoms with Crippen LogP contribution in [-0.2, 0) is 16.0 Å². The molecule has 2 saturated carbocycles. The second kappa shape index (κ2) is 6.59. The first-order valence-corrected chi connectivity index (χ1v) is 9.63. The molecular formula is C18H21N3O2S. The molecule has 0 bridgehead atoms. The molecule has 2 aromatic rings. The Bertz CT molecular complexity index is 708. The molecule has 24 heavy (non-hydrogen) atoms. The molecule has 5 nitrogen and oxygen atoms in total. The lowest BCUT2D eigenvalue weighted by molar-refractivity contribution is -0.118. The zero-order valence-corrected chi connectivity index (χ0v) is 14.3. The fourth-order valence-electron chi connectivity index (χ4n) is 2.89. The first-order chi connectivity index (χ1) is 11.8. The van der Waals surface area contributed by atoms with E-state index < -0.39 is 0 Å². The second-order valence-electron chi connectivity index (χ2n) is 6.74. The summed E-state index contributed by atoms with van der Waals surface area (Å²) in [7, 11) is 0. The van der Waals surface area contributed by atoms with Crippen LogP contribution in [-0.4, -0.2) is 28.3 Å². The van der Waals surface area contributed by atoms with E-state index >= 15 is 0 Å². The number of thioether (sulfide) groups is 1. The summed E-state index contributed by atoms with van der Waals surface area (Å²) >= 11 is 1.52. The number of hydrogen-bond acceptors (Lipinski definition) is 5. The summed E-state index contributed by atoms with van der Waals surface area (Å²) < 4.78 is 5.22. The average Bonchev–Trinajstić information content (AvgIpc) is 3.54. The summed E-state index contributed by atoms with van der Waals surface area (Å²) in [5.41, 5.74) is 1.49. The Labute approximate surface area is 145 Å². The Kier molecular flexibility index (Phi) is 4.31. The number of carbonyl (C=O) groups excluding carboxylic acids is 1. The van der Waals surface area contributed by atoms with E-state index in [0.717, 1.165) is 38.1 Å². The van der Waals surface area contributed by atoms with Crippen molar-refractivity contribution in [3.05, 3.63) is 47.6 Å². The highest BCUT2D eigenvalue weighted by Crippen LogP contribution is 2.47. The lowest BCUT2D eigenvalue weighted by Crippen LogP contribution is -2.33. The normalized spacial score (nSPS) is 18.3. The highest BCUT2D eigenvalue weighted by Gasteiger charge is 2.44. The molecule has 1 amide bonds. The molecule has 126 valence electrons.